The Morgan fingerprint density at radius 2 is 1.63 bits per heavy atom. The molecule has 2 rings (SSSR count). The summed E-state index contributed by atoms with van der Waals surface area (Å²) in [5.74, 6) is 0.0813. The number of nitrogens with zero attached hydrogens (tertiary/aromatic N) is 1. The number of anilines is 1. The van der Waals surface area contributed by atoms with Crippen LogP contribution in [0.25, 0.3) is 0 Å². The Labute approximate surface area is 152 Å². The number of hydrogen-bond donors (Lipinski definition) is 1. The fourth-order valence-corrected chi connectivity index (χ4v) is 2.01. The number of para-hydroxylation sites is 2. The quantitative estimate of drug-likeness (QED) is 0.810. The first-order valence-electron chi connectivity index (χ1n) is 7.43. The van der Waals surface area contributed by atoms with E-state index in [0.717, 1.165) is 31.4 Å². The highest BCUT2D eigenvalue weighted by atomic mass is 19.4. The number of rotatable bonds is 3. The van der Waals surface area contributed by atoms with Crippen LogP contribution in [0.2, 0.25) is 0 Å². The van der Waals surface area contributed by atoms with Crippen molar-refractivity contribution in [2.75, 3.05) is 19.2 Å². The number of benzene rings is 2. The topological polar surface area (TPSA) is 77.1 Å². The third-order valence-electron chi connectivity index (χ3n) is 3.28. The van der Waals surface area contributed by atoms with Crippen molar-refractivity contribution in [2.24, 2.45) is 0 Å². The first-order valence-corrected chi connectivity index (χ1v) is 7.43. The standard InChI is InChI=1S/C17H15F3N2O5/c1-25-14-6-4-3-5-13(14)22(21-15(23)26-2)16(24)27-12-9-7-11(8-10-12)17(18,19)20/h3-10H,1-2H3,(H,21,23). The number of alkyl halides is 3. The molecule has 7 nitrogen and oxygen atoms in total. The molecule has 27 heavy (non-hydrogen) atoms. The number of nitrogens with one attached hydrogen (secondary N) is 1. The first-order chi connectivity index (χ1) is 12.8. The fourth-order valence-electron chi connectivity index (χ4n) is 2.01. The second kappa shape index (κ2) is 8.30. The van der Waals surface area contributed by atoms with Crippen molar-refractivity contribution < 1.29 is 37.0 Å². The van der Waals surface area contributed by atoms with Crippen molar-refractivity contribution in [1.82, 2.24) is 5.43 Å². The molecule has 0 aliphatic carbocycles. The summed E-state index contributed by atoms with van der Waals surface area (Å²) in [6.07, 6.45) is -6.58. The number of carbonyl (C=O) groups is 2. The van der Waals surface area contributed by atoms with Gasteiger partial charge in [-0.2, -0.15) is 18.2 Å². The van der Waals surface area contributed by atoms with Crippen LogP contribution in [0, 0.1) is 0 Å². The molecule has 0 saturated carbocycles. The number of ether oxygens (including phenoxy) is 3. The summed E-state index contributed by atoms with van der Waals surface area (Å²) >= 11 is 0. The Hall–Kier alpha value is -3.43. The van der Waals surface area contributed by atoms with Crippen LogP contribution in [0.15, 0.2) is 48.5 Å². The zero-order chi connectivity index (χ0) is 20.0. The first kappa shape index (κ1) is 19.9. The minimum Gasteiger partial charge on any atom is -0.494 e. The van der Waals surface area contributed by atoms with Crippen molar-refractivity contribution in [3.8, 4) is 11.5 Å². The molecule has 0 unspecified atom stereocenters. The molecule has 2 aromatic carbocycles. The summed E-state index contributed by atoms with van der Waals surface area (Å²) in [6, 6.07) is 9.72. The van der Waals surface area contributed by atoms with E-state index >= 15 is 0 Å². The average molecular weight is 384 g/mol. The fraction of sp³-hybridized carbons (Fsp3) is 0.176. The van der Waals surface area contributed by atoms with Gasteiger partial charge in [0, 0.05) is 0 Å². The third-order valence-corrected chi connectivity index (χ3v) is 3.28. The Bertz CT molecular complexity index is 809. The van der Waals surface area contributed by atoms with Crippen LogP contribution in [0.3, 0.4) is 0 Å². The van der Waals surface area contributed by atoms with E-state index in [1.165, 1.54) is 19.2 Å². The molecule has 2 aromatic rings. The van der Waals surface area contributed by atoms with Gasteiger partial charge in [0.2, 0.25) is 0 Å². The SMILES string of the molecule is COC(=O)NN(C(=O)Oc1ccc(C(F)(F)F)cc1)c1ccccc1OC. The second-order valence-corrected chi connectivity index (χ2v) is 5.00. The van der Waals surface area contributed by atoms with Crippen molar-refractivity contribution in [1.29, 1.82) is 0 Å². The number of hydrogen-bond acceptors (Lipinski definition) is 5. The van der Waals surface area contributed by atoms with E-state index < -0.39 is 23.9 Å². The largest absolute Gasteiger partial charge is 0.494 e. The predicted octanol–water partition coefficient (Wildman–Crippen LogP) is 3.99. The molecule has 0 radical (unpaired) electrons. The summed E-state index contributed by atoms with van der Waals surface area (Å²) in [4.78, 5) is 24.0. The molecule has 0 saturated heterocycles. The predicted molar refractivity (Wildman–Crippen MR) is 88.5 cm³/mol. The molecule has 0 fully saturated rings. The molecule has 0 aromatic heterocycles. The Morgan fingerprint density at radius 1 is 1.00 bits per heavy atom. The van der Waals surface area contributed by atoms with Crippen LogP contribution < -0.4 is 19.9 Å². The van der Waals surface area contributed by atoms with Gasteiger partial charge in [-0.1, -0.05) is 12.1 Å². The highest BCUT2D eigenvalue weighted by Crippen LogP contribution is 2.31. The molecule has 10 heteroatoms. The normalized spacial score (nSPS) is 10.7. The smallest absolute Gasteiger partial charge is 0.439 e. The van der Waals surface area contributed by atoms with Gasteiger partial charge in [0.1, 0.15) is 17.2 Å². The maximum atomic E-state index is 12.6. The van der Waals surface area contributed by atoms with Crippen molar-refractivity contribution >= 4 is 17.9 Å². The van der Waals surface area contributed by atoms with Crippen LogP contribution in [0.5, 0.6) is 11.5 Å². The number of methoxy groups -OCH3 is 2. The number of amides is 2. The Morgan fingerprint density at radius 3 is 2.19 bits per heavy atom. The van der Waals surface area contributed by atoms with Crippen LogP contribution in [0.4, 0.5) is 28.4 Å². The highest BCUT2D eigenvalue weighted by molar-refractivity contribution is 5.93. The van der Waals surface area contributed by atoms with E-state index in [1.807, 2.05) is 0 Å². The average Bonchev–Trinajstić information content (AvgIpc) is 2.65. The second-order valence-electron chi connectivity index (χ2n) is 5.00. The molecule has 0 aliphatic rings. The lowest BCUT2D eigenvalue weighted by Crippen LogP contribution is -2.48. The lowest BCUT2D eigenvalue weighted by Gasteiger charge is -2.23. The van der Waals surface area contributed by atoms with Gasteiger partial charge in [-0.25, -0.2) is 15.0 Å². The summed E-state index contributed by atoms with van der Waals surface area (Å²) in [6.45, 7) is 0. The number of carbonyl (C=O) groups excluding carboxylic acids is 2. The van der Waals surface area contributed by atoms with Crippen LogP contribution in [-0.2, 0) is 10.9 Å². The minimum atomic E-state index is -4.52. The van der Waals surface area contributed by atoms with Gasteiger partial charge in [-0.15, -0.1) is 0 Å². The third kappa shape index (κ3) is 5.03. The van der Waals surface area contributed by atoms with E-state index in [1.54, 1.807) is 12.1 Å². The molecule has 0 atom stereocenters. The van der Waals surface area contributed by atoms with Gasteiger partial charge < -0.3 is 14.2 Å². The lowest BCUT2D eigenvalue weighted by molar-refractivity contribution is -0.137. The van der Waals surface area contributed by atoms with Gasteiger partial charge in [0.05, 0.1) is 19.8 Å². The molecular weight excluding hydrogens is 369 g/mol. The van der Waals surface area contributed by atoms with E-state index in [2.05, 4.69) is 10.2 Å². The molecule has 0 spiro atoms. The Balaban J connectivity index is 2.27. The molecule has 1 N–H and O–H groups in total. The van der Waals surface area contributed by atoms with Crippen LogP contribution >= 0.6 is 0 Å². The van der Waals surface area contributed by atoms with E-state index in [9.17, 15) is 22.8 Å². The monoisotopic (exact) mass is 384 g/mol. The van der Waals surface area contributed by atoms with Gasteiger partial charge >= 0.3 is 18.4 Å². The minimum absolute atomic E-state index is 0.127. The zero-order valence-electron chi connectivity index (χ0n) is 14.2. The van der Waals surface area contributed by atoms with E-state index in [0.29, 0.717) is 5.01 Å². The van der Waals surface area contributed by atoms with Crippen LogP contribution in [0.1, 0.15) is 5.56 Å². The van der Waals surface area contributed by atoms with E-state index in [4.69, 9.17) is 9.47 Å². The zero-order valence-corrected chi connectivity index (χ0v) is 14.2. The molecule has 0 heterocycles. The maximum Gasteiger partial charge on any atom is 0.439 e. The molecular formula is C17H15F3N2O5. The molecule has 2 amide bonds. The summed E-state index contributed by atoms with van der Waals surface area (Å²) in [5, 5.41) is 0.711. The highest BCUT2D eigenvalue weighted by Gasteiger charge is 2.30. The Kier molecular flexibility index (Phi) is 6.11. The summed E-state index contributed by atoms with van der Waals surface area (Å²) < 4.78 is 52.4. The van der Waals surface area contributed by atoms with Crippen molar-refractivity contribution in [3.05, 3.63) is 54.1 Å². The maximum absolute atomic E-state index is 12.6. The number of hydrazine groups is 1. The number of halogens is 3. The molecule has 0 aliphatic heterocycles. The van der Waals surface area contributed by atoms with Gasteiger partial charge in [-0.3, -0.25) is 0 Å². The van der Waals surface area contributed by atoms with Crippen molar-refractivity contribution in [2.45, 2.75) is 6.18 Å². The van der Waals surface area contributed by atoms with Gasteiger partial charge in [-0.05, 0) is 36.4 Å². The van der Waals surface area contributed by atoms with Crippen LogP contribution in [-0.4, -0.2) is 26.4 Å². The summed E-state index contributed by atoms with van der Waals surface area (Å²) in [7, 11) is 2.45. The summed E-state index contributed by atoms with van der Waals surface area (Å²) in [5.41, 5.74) is 1.39. The molecule has 144 valence electrons. The van der Waals surface area contributed by atoms with Gasteiger partial charge in [0.25, 0.3) is 0 Å². The van der Waals surface area contributed by atoms with E-state index in [-0.39, 0.29) is 17.2 Å². The van der Waals surface area contributed by atoms with Gasteiger partial charge in [0.15, 0.2) is 0 Å². The van der Waals surface area contributed by atoms with Crippen molar-refractivity contribution in [3.63, 3.8) is 0 Å². The lowest BCUT2D eigenvalue weighted by atomic mass is 10.2. The molecule has 0 bridgehead atoms.